The second kappa shape index (κ2) is 3.01. The first-order valence-electron chi connectivity index (χ1n) is 3.52. The lowest BCUT2D eigenvalue weighted by atomic mass is 10.1. The van der Waals surface area contributed by atoms with Gasteiger partial charge in [-0.25, -0.2) is 0 Å². The fraction of sp³-hybridized carbons (Fsp3) is 0.857. The molecule has 0 aromatic heterocycles. The van der Waals surface area contributed by atoms with Crippen molar-refractivity contribution in [1.29, 1.82) is 0 Å². The second-order valence-electron chi connectivity index (χ2n) is 2.84. The van der Waals surface area contributed by atoms with Crippen LogP contribution in [0.25, 0.3) is 0 Å². The van der Waals surface area contributed by atoms with Gasteiger partial charge in [0.1, 0.15) is 6.61 Å². The van der Waals surface area contributed by atoms with Gasteiger partial charge in [-0.3, -0.25) is 4.79 Å². The minimum atomic E-state index is -0.0573. The number of hydrogen-bond donors (Lipinski definition) is 0. The first-order valence-corrected chi connectivity index (χ1v) is 3.52. The van der Waals surface area contributed by atoms with E-state index >= 15 is 0 Å². The highest BCUT2D eigenvalue weighted by Gasteiger charge is 2.20. The predicted molar refractivity (Wildman–Crippen MR) is 37.7 cm³/mol. The van der Waals surface area contributed by atoms with E-state index in [1.54, 1.807) is 0 Å². The molecule has 0 aliphatic carbocycles. The summed E-state index contributed by atoms with van der Waals surface area (Å²) in [6, 6.07) is 0.428. The Hall–Kier alpha value is -0.570. The number of hydrogen-bond acceptors (Lipinski definition) is 3. The molecule has 0 spiro atoms. The van der Waals surface area contributed by atoms with E-state index in [2.05, 4.69) is 4.90 Å². The number of nitrogens with zero attached hydrogens (tertiary/aromatic N) is 1. The van der Waals surface area contributed by atoms with Crippen LogP contribution >= 0.6 is 0 Å². The number of cyclic esters (lactones) is 1. The van der Waals surface area contributed by atoms with Crippen LogP contribution < -0.4 is 0 Å². The highest BCUT2D eigenvalue weighted by Crippen LogP contribution is 2.10. The maximum Gasteiger partial charge on any atom is 0.305 e. The van der Waals surface area contributed by atoms with Crippen molar-refractivity contribution in [2.24, 2.45) is 0 Å². The molecule has 1 aliphatic rings. The monoisotopic (exact) mass is 143 g/mol. The number of carbonyl (C=O) groups is 1. The number of ether oxygens (including phenoxy) is 1. The molecule has 0 saturated carbocycles. The molecule has 1 saturated heterocycles. The lowest BCUT2D eigenvalue weighted by Gasteiger charge is -2.27. The van der Waals surface area contributed by atoms with Gasteiger partial charge in [0.05, 0.1) is 0 Å². The average molecular weight is 143 g/mol. The molecule has 1 heterocycles. The second-order valence-corrected chi connectivity index (χ2v) is 2.84. The predicted octanol–water partition coefficient (Wildman–Crippen LogP) is 0.254. The van der Waals surface area contributed by atoms with E-state index < -0.39 is 0 Å². The molecule has 1 rings (SSSR count). The summed E-state index contributed by atoms with van der Waals surface area (Å²) < 4.78 is 4.87. The lowest BCUT2D eigenvalue weighted by Crippen LogP contribution is -2.37. The summed E-state index contributed by atoms with van der Waals surface area (Å²) in [6.07, 6.45) is 1.51. The third-order valence-corrected chi connectivity index (χ3v) is 1.85. The molecule has 0 bridgehead atoms. The quantitative estimate of drug-likeness (QED) is 0.493. The van der Waals surface area contributed by atoms with E-state index in [-0.39, 0.29) is 5.97 Å². The maximum absolute atomic E-state index is 10.6. The smallest absolute Gasteiger partial charge is 0.305 e. The SMILES string of the molecule is CN(C)C1CCC(=O)OC1. The lowest BCUT2D eigenvalue weighted by molar-refractivity contribution is -0.149. The van der Waals surface area contributed by atoms with Gasteiger partial charge >= 0.3 is 5.97 Å². The Bertz CT molecular complexity index is 124. The molecule has 0 amide bonds. The van der Waals surface area contributed by atoms with Crippen LogP contribution in [0.3, 0.4) is 0 Å². The van der Waals surface area contributed by atoms with E-state index in [4.69, 9.17) is 4.74 Å². The van der Waals surface area contributed by atoms with Gasteiger partial charge < -0.3 is 9.64 Å². The van der Waals surface area contributed by atoms with Gasteiger partial charge in [0.15, 0.2) is 0 Å². The zero-order valence-electron chi connectivity index (χ0n) is 6.46. The minimum Gasteiger partial charge on any atom is -0.464 e. The highest BCUT2D eigenvalue weighted by molar-refractivity contribution is 5.70. The minimum absolute atomic E-state index is 0.0573. The Morgan fingerprint density at radius 1 is 1.60 bits per heavy atom. The van der Waals surface area contributed by atoms with Crippen molar-refractivity contribution in [3.8, 4) is 0 Å². The van der Waals surface area contributed by atoms with Crippen molar-refractivity contribution >= 4 is 5.97 Å². The number of rotatable bonds is 1. The van der Waals surface area contributed by atoms with E-state index in [0.717, 1.165) is 6.42 Å². The molecule has 1 atom stereocenters. The fourth-order valence-corrected chi connectivity index (χ4v) is 1.04. The van der Waals surface area contributed by atoms with Gasteiger partial charge in [-0.05, 0) is 20.5 Å². The van der Waals surface area contributed by atoms with E-state index in [0.29, 0.717) is 19.1 Å². The van der Waals surface area contributed by atoms with Crippen LogP contribution in [0.15, 0.2) is 0 Å². The molecule has 0 aromatic rings. The highest BCUT2D eigenvalue weighted by atomic mass is 16.5. The number of esters is 1. The molecule has 0 N–H and O–H groups in total. The molecule has 1 aliphatic heterocycles. The van der Waals surface area contributed by atoms with Crippen molar-refractivity contribution in [1.82, 2.24) is 4.90 Å². The van der Waals surface area contributed by atoms with Crippen molar-refractivity contribution < 1.29 is 9.53 Å². The molecule has 0 radical (unpaired) electrons. The summed E-state index contributed by atoms with van der Waals surface area (Å²) in [7, 11) is 4.01. The largest absolute Gasteiger partial charge is 0.464 e. The standard InChI is InChI=1S/C7H13NO2/c1-8(2)6-3-4-7(9)10-5-6/h6H,3-5H2,1-2H3. The van der Waals surface area contributed by atoms with Crippen molar-refractivity contribution in [3.63, 3.8) is 0 Å². The number of carbonyl (C=O) groups excluding carboxylic acids is 1. The fourth-order valence-electron chi connectivity index (χ4n) is 1.04. The zero-order chi connectivity index (χ0) is 7.56. The van der Waals surface area contributed by atoms with E-state index in [9.17, 15) is 4.79 Å². The van der Waals surface area contributed by atoms with Crippen LogP contribution in [-0.2, 0) is 9.53 Å². The van der Waals surface area contributed by atoms with Crippen LogP contribution in [0.4, 0.5) is 0 Å². The molecule has 58 valence electrons. The molecule has 1 fully saturated rings. The van der Waals surface area contributed by atoms with Gasteiger partial charge in [0, 0.05) is 12.5 Å². The van der Waals surface area contributed by atoms with Crippen molar-refractivity contribution in [3.05, 3.63) is 0 Å². The number of likely N-dealkylation sites (N-methyl/N-ethyl adjacent to an activating group) is 1. The molecule has 0 aromatic carbocycles. The third kappa shape index (κ3) is 1.70. The average Bonchev–Trinajstić information content (AvgIpc) is 1.88. The van der Waals surface area contributed by atoms with Crippen LogP contribution in [-0.4, -0.2) is 37.6 Å². The molecular weight excluding hydrogens is 130 g/mol. The van der Waals surface area contributed by atoms with Gasteiger partial charge in [-0.2, -0.15) is 0 Å². The van der Waals surface area contributed by atoms with Gasteiger partial charge in [0.25, 0.3) is 0 Å². The zero-order valence-corrected chi connectivity index (χ0v) is 6.46. The normalized spacial score (nSPS) is 26.7. The van der Waals surface area contributed by atoms with Crippen LogP contribution in [0.5, 0.6) is 0 Å². The van der Waals surface area contributed by atoms with Crippen LogP contribution in [0.1, 0.15) is 12.8 Å². The molecule has 1 unspecified atom stereocenters. The Balaban J connectivity index is 2.33. The van der Waals surface area contributed by atoms with Crippen LogP contribution in [0.2, 0.25) is 0 Å². The molecular formula is C7H13NO2. The topological polar surface area (TPSA) is 29.5 Å². The molecule has 3 nitrogen and oxygen atoms in total. The summed E-state index contributed by atoms with van der Waals surface area (Å²) in [5.41, 5.74) is 0. The summed E-state index contributed by atoms with van der Waals surface area (Å²) >= 11 is 0. The first kappa shape index (κ1) is 7.54. The first-order chi connectivity index (χ1) is 4.70. The third-order valence-electron chi connectivity index (χ3n) is 1.85. The summed E-state index contributed by atoms with van der Waals surface area (Å²) in [6.45, 7) is 0.561. The van der Waals surface area contributed by atoms with E-state index in [1.165, 1.54) is 0 Å². The summed E-state index contributed by atoms with van der Waals surface area (Å²) in [5.74, 6) is -0.0573. The Kier molecular flexibility index (Phi) is 2.27. The van der Waals surface area contributed by atoms with E-state index in [1.807, 2.05) is 14.1 Å². The van der Waals surface area contributed by atoms with Gasteiger partial charge in [0.2, 0.25) is 0 Å². The van der Waals surface area contributed by atoms with Crippen LogP contribution in [0, 0.1) is 0 Å². The molecule has 3 heteroatoms. The van der Waals surface area contributed by atoms with Gasteiger partial charge in [-0.15, -0.1) is 0 Å². The summed E-state index contributed by atoms with van der Waals surface area (Å²) in [4.78, 5) is 12.7. The molecule has 10 heavy (non-hydrogen) atoms. The summed E-state index contributed by atoms with van der Waals surface area (Å²) in [5, 5.41) is 0. The van der Waals surface area contributed by atoms with Crippen molar-refractivity contribution in [2.75, 3.05) is 20.7 Å². The Morgan fingerprint density at radius 2 is 2.30 bits per heavy atom. The Morgan fingerprint density at radius 3 is 2.70 bits per heavy atom. The van der Waals surface area contributed by atoms with Gasteiger partial charge in [-0.1, -0.05) is 0 Å². The maximum atomic E-state index is 10.6. The Labute approximate surface area is 61.0 Å². The van der Waals surface area contributed by atoms with Crippen molar-refractivity contribution in [2.45, 2.75) is 18.9 Å².